The fraction of sp³-hybridized carbons (Fsp3) is 0.125. The molecule has 0 saturated carbocycles. The van der Waals surface area contributed by atoms with E-state index >= 15 is 0 Å². The Hall–Kier alpha value is -1.55. The predicted molar refractivity (Wildman–Crippen MR) is 42.9 cm³/mol. The minimum atomic E-state index is -0.478. The molecule has 0 bridgehead atoms. The molecule has 4 nitrogen and oxygen atoms in total. The summed E-state index contributed by atoms with van der Waals surface area (Å²) >= 11 is 0. The fourth-order valence-corrected chi connectivity index (χ4v) is 1.22. The number of benzene rings is 1. The Kier molecular flexibility index (Phi) is 1.48. The van der Waals surface area contributed by atoms with Gasteiger partial charge in [0.05, 0.1) is 5.69 Å². The lowest BCUT2D eigenvalue weighted by Crippen LogP contribution is -2.41. The molecule has 12 heavy (non-hydrogen) atoms. The SMILES string of the molecule is O=C1NCc2ccccc2N1O. The zero-order chi connectivity index (χ0) is 8.55. The second kappa shape index (κ2) is 2.49. The van der Waals surface area contributed by atoms with Gasteiger partial charge in [-0.2, -0.15) is 5.06 Å². The maximum atomic E-state index is 10.9. The molecule has 0 spiro atoms. The van der Waals surface area contributed by atoms with Crippen molar-refractivity contribution in [2.24, 2.45) is 0 Å². The highest BCUT2D eigenvalue weighted by Crippen LogP contribution is 2.21. The van der Waals surface area contributed by atoms with Crippen molar-refractivity contribution in [1.29, 1.82) is 0 Å². The van der Waals surface area contributed by atoms with Crippen LogP contribution < -0.4 is 10.4 Å². The number of amides is 2. The number of hydrogen-bond donors (Lipinski definition) is 2. The molecule has 0 aliphatic carbocycles. The minimum absolute atomic E-state index is 0.478. The summed E-state index contributed by atoms with van der Waals surface area (Å²) < 4.78 is 0. The van der Waals surface area contributed by atoms with Gasteiger partial charge in [-0.25, -0.2) is 4.79 Å². The molecule has 0 radical (unpaired) electrons. The van der Waals surface area contributed by atoms with Crippen LogP contribution in [-0.4, -0.2) is 11.2 Å². The number of nitrogens with zero attached hydrogens (tertiary/aromatic N) is 1. The van der Waals surface area contributed by atoms with E-state index < -0.39 is 6.03 Å². The average molecular weight is 164 g/mol. The van der Waals surface area contributed by atoms with Crippen LogP contribution in [-0.2, 0) is 6.54 Å². The third-order valence-electron chi connectivity index (χ3n) is 1.84. The van der Waals surface area contributed by atoms with Crippen LogP contribution in [0.1, 0.15) is 5.56 Å². The van der Waals surface area contributed by atoms with E-state index in [0.29, 0.717) is 17.3 Å². The normalized spacial score (nSPS) is 15.4. The van der Waals surface area contributed by atoms with Gasteiger partial charge >= 0.3 is 6.03 Å². The van der Waals surface area contributed by atoms with Gasteiger partial charge < -0.3 is 5.32 Å². The summed E-state index contributed by atoms with van der Waals surface area (Å²) in [6, 6.07) is 6.73. The third-order valence-corrected chi connectivity index (χ3v) is 1.84. The highest BCUT2D eigenvalue weighted by molar-refractivity contribution is 5.92. The summed E-state index contributed by atoms with van der Waals surface area (Å²) in [5, 5.41) is 12.4. The number of urea groups is 1. The molecule has 2 rings (SSSR count). The first-order valence-electron chi connectivity index (χ1n) is 3.64. The third kappa shape index (κ3) is 0.931. The first kappa shape index (κ1) is 7.12. The zero-order valence-corrected chi connectivity index (χ0v) is 6.32. The maximum absolute atomic E-state index is 10.9. The van der Waals surface area contributed by atoms with Crippen LogP contribution in [0.2, 0.25) is 0 Å². The average Bonchev–Trinajstić information content (AvgIpc) is 2.12. The van der Waals surface area contributed by atoms with E-state index in [9.17, 15) is 10.0 Å². The van der Waals surface area contributed by atoms with Crippen molar-refractivity contribution in [1.82, 2.24) is 5.32 Å². The van der Waals surface area contributed by atoms with E-state index in [4.69, 9.17) is 0 Å². The summed E-state index contributed by atoms with van der Waals surface area (Å²) in [5.74, 6) is 0. The number of para-hydroxylation sites is 1. The first-order valence-corrected chi connectivity index (χ1v) is 3.64. The molecule has 0 fully saturated rings. The van der Waals surface area contributed by atoms with Crippen molar-refractivity contribution < 1.29 is 10.0 Å². The molecule has 62 valence electrons. The number of hydrogen-bond acceptors (Lipinski definition) is 2. The highest BCUT2D eigenvalue weighted by Gasteiger charge is 2.20. The Balaban J connectivity index is 2.48. The number of fused-ring (bicyclic) bond motifs is 1. The smallest absolute Gasteiger partial charge is 0.332 e. The number of carbonyl (C=O) groups is 1. The lowest BCUT2D eigenvalue weighted by atomic mass is 10.1. The van der Waals surface area contributed by atoms with Gasteiger partial charge in [0.15, 0.2) is 0 Å². The molecular weight excluding hydrogens is 156 g/mol. The highest BCUT2D eigenvalue weighted by atomic mass is 16.5. The van der Waals surface area contributed by atoms with Crippen LogP contribution in [0.25, 0.3) is 0 Å². The number of nitrogens with one attached hydrogen (secondary N) is 1. The van der Waals surface area contributed by atoms with Crippen LogP contribution in [0.15, 0.2) is 24.3 Å². The van der Waals surface area contributed by atoms with Gasteiger partial charge in [-0.05, 0) is 11.6 Å². The lowest BCUT2D eigenvalue weighted by molar-refractivity contribution is 0.200. The van der Waals surface area contributed by atoms with Gasteiger partial charge in [0.25, 0.3) is 0 Å². The number of rotatable bonds is 0. The standard InChI is InChI=1S/C8H8N2O2/c11-8-9-5-6-3-1-2-4-7(6)10(8)12/h1-4,12H,5H2,(H,9,11). The van der Waals surface area contributed by atoms with Gasteiger partial charge in [-0.15, -0.1) is 0 Å². The molecule has 0 saturated heterocycles. The van der Waals surface area contributed by atoms with Gasteiger partial charge in [0, 0.05) is 6.54 Å². The zero-order valence-electron chi connectivity index (χ0n) is 6.32. The van der Waals surface area contributed by atoms with Crippen molar-refractivity contribution in [3.8, 4) is 0 Å². The molecule has 1 aliphatic rings. The summed E-state index contributed by atoms with van der Waals surface area (Å²) in [7, 11) is 0. The Morgan fingerprint density at radius 2 is 2.17 bits per heavy atom. The molecule has 1 aromatic rings. The van der Waals surface area contributed by atoms with Crippen LogP contribution in [0, 0.1) is 0 Å². The molecule has 1 aliphatic heterocycles. The number of carbonyl (C=O) groups excluding carboxylic acids is 1. The minimum Gasteiger partial charge on any atom is -0.332 e. The summed E-state index contributed by atoms with van der Waals surface area (Å²) in [5.41, 5.74) is 1.47. The topological polar surface area (TPSA) is 52.6 Å². The molecule has 0 aromatic heterocycles. The molecule has 4 heteroatoms. The first-order chi connectivity index (χ1) is 5.79. The van der Waals surface area contributed by atoms with Gasteiger partial charge in [-0.1, -0.05) is 18.2 Å². The quantitative estimate of drug-likeness (QED) is 0.564. The van der Waals surface area contributed by atoms with Crippen LogP contribution in [0.3, 0.4) is 0 Å². The van der Waals surface area contributed by atoms with Crippen molar-refractivity contribution in [3.05, 3.63) is 29.8 Å². The molecule has 2 N–H and O–H groups in total. The second-order valence-corrected chi connectivity index (χ2v) is 2.60. The van der Waals surface area contributed by atoms with Crippen LogP contribution in [0.5, 0.6) is 0 Å². The lowest BCUT2D eigenvalue weighted by Gasteiger charge is -2.23. The van der Waals surface area contributed by atoms with E-state index in [2.05, 4.69) is 5.32 Å². The Morgan fingerprint density at radius 1 is 1.42 bits per heavy atom. The van der Waals surface area contributed by atoms with Crippen LogP contribution >= 0.6 is 0 Å². The van der Waals surface area contributed by atoms with Gasteiger partial charge in [0.2, 0.25) is 0 Å². The van der Waals surface area contributed by atoms with E-state index in [-0.39, 0.29) is 0 Å². The largest absolute Gasteiger partial charge is 0.346 e. The molecular formula is C8H8N2O2. The second-order valence-electron chi connectivity index (χ2n) is 2.60. The summed E-state index contributed by atoms with van der Waals surface area (Å²) in [6.45, 7) is 0.478. The Labute approximate surface area is 69.4 Å². The fourth-order valence-electron chi connectivity index (χ4n) is 1.22. The predicted octanol–water partition coefficient (Wildman–Crippen LogP) is 1.11. The Bertz CT molecular complexity index is 325. The van der Waals surface area contributed by atoms with E-state index in [1.54, 1.807) is 12.1 Å². The van der Waals surface area contributed by atoms with Crippen LogP contribution in [0.4, 0.5) is 10.5 Å². The molecule has 0 atom stereocenters. The molecule has 1 aromatic carbocycles. The number of anilines is 1. The molecule has 1 heterocycles. The van der Waals surface area contributed by atoms with Crippen molar-refractivity contribution >= 4 is 11.7 Å². The van der Waals surface area contributed by atoms with Crippen molar-refractivity contribution in [3.63, 3.8) is 0 Å². The monoisotopic (exact) mass is 164 g/mol. The van der Waals surface area contributed by atoms with Crippen molar-refractivity contribution in [2.75, 3.05) is 5.06 Å². The van der Waals surface area contributed by atoms with E-state index in [0.717, 1.165) is 5.56 Å². The molecule has 0 unspecified atom stereocenters. The van der Waals surface area contributed by atoms with Gasteiger partial charge in [-0.3, -0.25) is 5.21 Å². The Morgan fingerprint density at radius 3 is 3.00 bits per heavy atom. The van der Waals surface area contributed by atoms with Crippen molar-refractivity contribution in [2.45, 2.75) is 6.54 Å². The molecule has 2 amide bonds. The van der Waals surface area contributed by atoms with E-state index in [1.807, 2.05) is 12.1 Å². The summed E-state index contributed by atoms with van der Waals surface area (Å²) in [6.07, 6.45) is 0. The number of hydroxylamine groups is 1. The van der Waals surface area contributed by atoms with E-state index in [1.165, 1.54) is 0 Å². The van der Waals surface area contributed by atoms with Gasteiger partial charge in [0.1, 0.15) is 0 Å². The summed E-state index contributed by atoms with van der Waals surface area (Å²) in [4.78, 5) is 10.9. The maximum Gasteiger partial charge on any atom is 0.346 e.